The largest absolute Gasteiger partial charge is 0.497 e. The molecule has 20 heavy (non-hydrogen) atoms. The van der Waals surface area contributed by atoms with Crippen LogP contribution in [0.1, 0.15) is 60.0 Å². The number of benzene rings is 1. The van der Waals surface area contributed by atoms with Crippen LogP contribution in [0.2, 0.25) is 0 Å². The third-order valence-electron chi connectivity index (χ3n) is 3.59. The van der Waals surface area contributed by atoms with Crippen molar-refractivity contribution in [1.29, 1.82) is 0 Å². The summed E-state index contributed by atoms with van der Waals surface area (Å²) in [5.74, 6) is -2.60. The second kappa shape index (κ2) is 6.59. The predicted octanol–water partition coefficient (Wildman–Crippen LogP) is 3.04. The molecule has 0 heterocycles. The van der Waals surface area contributed by atoms with Crippen molar-refractivity contribution in [3.05, 3.63) is 29.7 Å². The Hall–Kier alpha value is -1.06. The summed E-state index contributed by atoms with van der Waals surface area (Å²) in [5, 5.41) is 11.5. The van der Waals surface area contributed by atoms with Gasteiger partial charge in [-0.3, -0.25) is 0 Å². The Morgan fingerprint density at radius 3 is 2.70 bits per heavy atom. The average molecular weight is 289 g/mol. The van der Waals surface area contributed by atoms with Crippen molar-refractivity contribution in [3.63, 3.8) is 0 Å². The topological polar surface area (TPSA) is 32.7 Å². The number of hydrogen-bond acceptors (Lipinski definition) is 3. The summed E-state index contributed by atoms with van der Waals surface area (Å²) in [5.41, 5.74) is -2.37. The van der Waals surface area contributed by atoms with Crippen LogP contribution in [-0.4, -0.2) is 43.2 Å². The average Bonchev–Trinajstić information content (AvgIpc) is 2.65. The van der Waals surface area contributed by atoms with E-state index in [2.05, 4.69) is 4.74 Å². The van der Waals surface area contributed by atoms with Crippen LogP contribution in [0.25, 0.3) is 0 Å². The zero-order chi connectivity index (χ0) is 24.9. The molecule has 1 fully saturated rings. The summed E-state index contributed by atoms with van der Waals surface area (Å²) in [6.45, 7) is -5.73. The van der Waals surface area contributed by atoms with Crippen LogP contribution in [0.3, 0.4) is 0 Å². The van der Waals surface area contributed by atoms with Gasteiger partial charge < -0.3 is 14.7 Å². The zero-order valence-electron chi connectivity index (χ0n) is 23.4. The van der Waals surface area contributed by atoms with Crippen molar-refractivity contribution in [2.45, 2.75) is 43.6 Å². The Balaban J connectivity index is 2.83. The molecule has 0 bridgehead atoms. The standard InChI is InChI=1S/C17H27NO2/c1-18(2)13-16(17(19)11-5-4-6-12-17)14-7-9-15(20-3)10-8-14/h7-10,16,19H,4-6,11-13H2,1-3H3/i1D3,3D3,7D,8D,9D,10D,13D2. The first kappa shape index (κ1) is 5.98. The molecule has 3 nitrogen and oxygen atoms in total. The third kappa shape index (κ3) is 3.53. The second-order valence-corrected chi connectivity index (χ2v) is 5.13. The SMILES string of the molecule is [2H]c1c([2H])c(C(C2(O)CCCCC2)C([2H])([2H])N(C)C([2H])([2H])[2H])c([2H])c([2H])c1OC([2H])([2H])[2H]. The van der Waals surface area contributed by atoms with E-state index in [1.807, 2.05) is 0 Å². The minimum absolute atomic E-state index is 0.0685. The van der Waals surface area contributed by atoms with Gasteiger partial charge in [-0.15, -0.1) is 0 Å². The van der Waals surface area contributed by atoms with Crippen LogP contribution in [0.5, 0.6) is 5.75 Å². The van der Waals surface area contributed by atoms with E-state index in [9.17, 15) is 5.11 Å². The molecule has 0 spiro atoms. The van der Waals surface area contributed by atoms with Gasteiger partial charge in [-0.1, -0.05) is 31.3 Å². The number of aliphatic hydroxyl groups is 1. The van der Waals surface area contributed by atoms with E-state index in [0.717, 1.165) is 13.5 Å². The van der Waals surface area contributed by atoms with E-state index >= 15 is 0 Å². The number of methoxy groups -OCH3 is 1. The summed E-state index contributed by atoms with van der Waals surface area (Å²) in [6.07, 6.45) is 1.90. The summed E-state index contributed by atoms with van der Waals surface area (Å²) >= 11 is 0. The molecule has 0 radical (unpaired) electrons. The molecule has 0 aliphatic heterocycles. The molecular formula is C17H27NO2. The number of ether oxygens (including phenoxy) is 1. The quantitative estimate of drug-likeness (QED) is 0.904. The molecule has 1 aliphatic rings. The molecule has 2 rings (SSSR count). The maximum Gasteiger partial charge on any atom is 0.118 e. The fourth-order valence-electron chi connectivity index (χ4n) is 2.61. The molecule has 1 aliphatic carbocycles. The molecule has 1 unspecified atom stereocenters. The van der Waals surface area contributed by atoms with E-state index in [4.69, 9.17) is 16.4 Å². The first-order chi connectivity index (χ1) is 14.3. The summed E-state index contributed by atoms with van der Waals surface area (Å²) in [7, 11) is -2.06. The maximum atomic E-state index is 11.5. The first-order valence-corrected chi connectivity index (χ1v) is 6.60. The van der Waals surface area contributed by atoms with E-state index in [0.29, 0.717) is 17.7 Å². The third-order valence-corrected chi connectivity index (χ3v) is 3.59. The first-order valence-electron chi connectivity index (χ1n) is 12.6. The molecule has 1 N–H and O–H groups in total. The highest BCUT2D eigenvalue weighted by atomic mass is 16.5. The molecule has 1 aromatic carbocycles. The molecule has 112 valence electrons. The van der Waals surface area contributed by atoms with Crippen molar-refractivity contribution in [1.82, 2.24) is 4.90 Å². The van der Waals surface area contributed by atoms with Gasteiger partial charge in [-0.2, -0.15) is 0 Å². The lowest BCUT2D eigenvalue weighted by atomic mass is 9.72. The van der Waals surface area contributed by atoms with E-state index < -0.39 is 67.5 Å². The maximum absolute atomic E-state index is 11.5. The Bertz CT molecular complexity index is 816. The van der Waals surface area contributed by atoms with Crippen LogP contribution >= 0.6 is 0 Å². The van der Waals surface area contributed by atoms with Gasteiger partial charge in [0.1, 0.15) is 5.75 Å². The minimum atomic E-state index is -3.05. The van der Waals surface area contributed by atoms with Gasteiger partial charge in [0.15, 0.2) is 0 Å². The van der Waals surface area contributed by atoms with Crippen LogP contribution in [-0.2, 0) is 0 Å². The van der Waals surface area contributed by atoms with E-state index in [1.54, 1.807) is 0 Å². The molecule has 1 saturated carbocycles. The predicted molar refractivity (Wildman–Crippen MR) is 82.3 cm³/mol. The highest BCUT2D eigenvalue weighted by Gasteiger charge is 2.38. The number of likely N-dealkylation sites (N-methyl/N-ethyl adjacent to an activating group) is 1. The lowest BCUT2D eigenvalue weighted by molar-refractivity contribution is -0.0277. The smallest absolute Gasteiger partial charge is 0.118 e. The van der Waals surface area contributed by atoms with Gasteiger partial charge in [0, 0.05) is 19.3 Å². The van der Waals surface area contributed by atoms with Gasteiger partial charge in [-0.05, 0) is 44.5 Å². The van der Waals surface area contributed by atoms with Crippen molar-refractivity contribution in [3.8, 4) is 5.75 Å². The summed E-state index contributed by atoms with van der Waals surface area (Å²) in [6, 6.07) is -3.29. The van der Waals surface area contributed by atoms with E-state index in [-0.39, 0.29) is 12.8 Å². The highest BCUT2D eigenvalue weighted by Crippen LogP contribution is 2.40. The second-order valence-electron chi connectivity index (χ2n) is 5.13. The van der Waals surface area contributed by atoms with Crippen molar-refractivity contribution in [2.75, 3.05) is 27.6 Å². The van der Waals surface area contributed by atoms with Crippen LogP contribution < -0.4 is 4.74 Å². The monoisotopic (exact) mass is 289 g/mol. The van der Waals surface area contributed by atoms with Crippen molar-refractivity contribution >= 4 is 0 Å². The zero-order valence-corrected chi connectivity index (χ0v) is 11.4. The van der Waals surface area contributed by atoms with Crippen LogP contribution in [0.4, 0.5) is 0 Å². The van der Waals surface area contributed by atoms with Gasteiger partial charge in [0.05, 0.1) is 22.2 Å². The van der Waals surface area contributed by atoms with Crippen molar-refractivity contribution in [2.24, 2.45) is 0 Å². The minimum Gasteiger partial charge on any atom is -0.497 e. The summed E-state index contributed by atoms with van der Waals surface area (Å²) in [4.78, 5) is 0.427. The molecule has 1 aromatic rings. The van der Waals surface area contributed by atoms with Gasteiger partial charge in [-0.25, -0.2) is 0 Å². The Morgan fingerprint density at radius 1 is 1.40 bits per heavy atom. The Labute approximate surface area is 139 Å². The normalized spacial score (nSPS) is 30.6. The molecular weight excluding hydrogens is 250 g/mol. The molecule has 3 heteroatoms. The number of hydrogen-bond donors (Lipinski definition) is 1. The molecule has 0 aromatic heterocycles. The highest BCUT2D eigenvalue weighted by molar-refractivity contribution is 5.31. The fourth-order valence-corrected chi connectivity index (χ4v) is 2.61. The molecule has 0 amide bonds. The van der Waals surface area contributed by atoms with Gasteiger partial charge in [0.25, 0.3) is 0 Å². The lowest BCUT2D eigenvalue weighted by Crippen LogP contribution is -2.42. The number of rotatable bonds is 5. The molecule has 1 atom stereocenters. The molecule has 0 saturated heterocycles. The lowest BCUT2D eigenvalue weighted by Gasteiger charge is -2.40. The Morgan fingerprint density at radius 2 is 2.10 bits per heavy atom. The summed E-state index contributed by atoms with van der Waals surface area (Å²) < 4.78 is 99.6. The van der Waals surface area contributed by atoms with Gasteiger partial charge in [0.2, 0.25) is 0 Å². The Kier molecular flexibility index (Phi) is 1.97. The fraction of sp³-hybridized carbons (Fsp3) is 0.647. The van der Waals surface area contributed by atoms with Crippen LogP contribution in [0, 0.1) is 0 Å². The van der Waals surface area contributed by atoms with Gasteiger partial charge >= 0.3 is 0 Å². The van der Waals surface area contributed by atoms with E-state index in [1.165, 1.54) is 0 Å². The van der Waals surface area contributed by atoms with Crippen molar-refractivity contribution < 1.29 is 26.3 Å². The van der Waals surface area contributed by atoms with Crippen LogP contribution in [0.15, 0.2) is 24.2 Å². The number of nitrogens with zero attached hydrogens (tertiary/aromatic N) is 1.